The Labute approximate surface area is 184 Å². The van der Waals surface area contributed by atoms with E-state index < -0.39 is 36.5 Å². The second-order valence-electron chi connectivity index (χ2n) is 8.69. The quantitative estimate of drug-likeness (QED) is 0.658. The monoisotopic (exact) mass is 445 g/mol. The number of carbonyl (C=O) groups excluding carboxylic acids is 3. The van der Waals surface area contributed by atoms with E-state index in [-0.39, 0.29) is 11.2 Å². The summed E-state index contributed by atoms with van der Waals surface area (Å²) in [7, 11) is 0. The van der Waals surface area contributed by atoms with Crippen molar-refractivity contribution >= 4 is 23.5 Å². The number of hydrogen-bond donors (Lipinski definition) is 2. The molecule has 0 radical (unpaired) electrons. The molecular weight excluding hydrogens is 420 g/mol. The van der Waals surface area contributed by atoms with Crippen molar-refractivity contribution in [1.29, 1.82) is 0 Å². The van der Waals surface area contributed by atoms with Crippen molar-refractivity contribution in [3.8, 4) is 5.75 Å². The van der Waals surface area contributed by atoms with Crippen molar-refractivity contribution < 1.29 is 27.9 Å². The Balaban J connectivity index is 1.75. The molecular formula is C23H25F2N3O4. The summed E-state index contributed by atoms with van der Waals surface area (Å²) in [5.41, 5.74) is 0.238. The van der Waals surface area contributed by atoms with Gasteiger partial charge in [0.1, 0.15) is 17.8 Å². The highest BCUT2D eigenvalue weighted by molar-refractivity contribution is 6.10. The van der Waals surface area contributed by atoms with Crippen molar-refractivity contribution in [2.75, 3.05) is 11.9 Å². The van der Waals surface area contributed by atoms with Crippen LogP contribution < -0.4 is 15.4 Å². The summed E-state index contributed by atoms with van der Waals surface area (Å²) in [6, 6.07) is 12.0. The lowest BCUT2D eigenvalue weighted by atomic mass is 9.86. The molecule has 0 spiro atoms. The number of nitrogens with one attached hydrogen (secondary N) is 2. The summed E-state index contributed by atoms with van der Waals surface area (Å²) >= 11 is 0. The number of hydrogen-bond acceptors (Lipinski definition) is 4. The minimum atomic E-state index is -2.97. The fourth-order valence-corrected chi connectivity index (χ4v) is 3.59. The lowest BCUT2D eigenvalue weighted by molar-refractivity contribution is -0.133. The van der Waals surface area contributed by atoms with E-state index in [1.54, 1.807) is 12.1 Å². The summed E-state index contributed by atoms with van der Waals surface area (Å²) in [5, 5.41) is 5.36. The molecule has 170 valence electrons. The molecule has 1 saturated heterocycles. The van der Waals surface area contributed by atoms with Crippen LogP contribution in [0.3, 0.4) is 0 Å². The minimum absolute atomic E-state index is 0.0714. The van der Waals surface area contributed by atoms with Gasteiger partial charge >= 0.3 is 12.6 Å². The molecule has 0 aromatic heterocycles. The summed E-state index contributed by atoms with van der Waals surface area (Å²) in [6.07, 6.45) is 0. The molecule has 1 fully saturated rings. The largest absolute Gasteiger partial charge is 0.435 e. The van der Waals surface area contributed by atoms with E-state index in [0.29, 0.717) is 11.3 Å². The standard InChI is InChI=1S/C23H25F2N3O4/c1-22(2,3)16-7-5-6-8-17(16)26-18(29)13-28-19(30)23(4,27-21(28)31)14-9-11-15(12-10-14)32-20(24)25/h5-12,20H,13H2,1-4H3,(H,26,29)(H,27,31)/t23-/m1/s1. The van der Waals surface area contributed by atoms with Crippen LogP contribution in [0.2, 0.25) is 0 Å². The van der Waals surface area contributed by atoms with Gasteiger partial charge in [-0.3, -0.25) is 14.5 Å². The highest BCUT2D eigenvalue weighted by Crippen LogP contribution is 2.31. The molecule has 2 aromatic rings. The third-order valence-corrected chi connectivity index (χ3v) is 5.24. The van der Waals surface area contributed by atoms with Crippen LogP contribution >= 0.6 is 0 Å². The van der Waals surface area contributed by atoms with E-state index in [1.807, 2.05) is 32.9 Å². The van der Waals surface area contributed by atoms with Crippen LogP contribution in [0, 0.1) is 0 Å². The van der Waals surface area contributed by atoms with E-state index in [9.17, 15) is 23.2 Å². The number of ether oxygens (including phenoxy) is 1. The van der Waals surface area contributed by atoms with Gasteiger partial charge in [-0.05, 0) is 41.7 Å². The van der Waals surface area contributed by atoms with E-state index in [4.69, 9.17) is 0 Å². The first-order valence-electron chi connectivity index (χ1n) is 10.0. The van der Waals surface area contributed by atoms with Gasteiger partial charge in [0.05, 0.1) is 0 Å². The van der Waals surface area contributed by atoms with Crippen molar-refractivity contribution in [2.45, 2.75) is 45.3 Å². The molecule has 0 bridgehead atoms. The normalized spacial score (nSPS) is 18.7. The number of halogens is 2. The Morgan fingerprint density at radius 3 is 2.34 bits per heavy atom. The Hall–Kier alpha value is -3.49. The molecule has 1 heterocycles. The number of urea groups is 1. The van der Waals surface area contributed by atoms with Crippen molar-refractivity contribution in [3.05, 3.63) is 59.7 Å². The fraction of sp³-hybridized carbons (Fsp3) is 0.348. The summed E-state index contributed by atoms with van der Waals surface area (Å²) < 4.78 is 29.0. The van der Waals surface area contributed by atoms with Gasteiger partial charge in [0, 0.05) is 5.69 Å². The topological polar surface area (TPSA) is 87.7 Å². The van der Waals surface area contributed by atoms with Crippen molar-refractivity contribution in [1.82, 2.24) is 10.2 Å². The van der Waals surface area contributed by atoms with Gasteiger partial charge in [-0.1, -0.05) is 51.1 Å². The third kappa shape index (κ3) is 4.71. The minimum Gasteiger partial charge on any atom is -0.435 e. The number of carbonyl (C=O) groups is 3. The van der Waals surface area contributed by atoms with Gasteiger partial charge in [0.2, 0.25) is 5.91 Å². The number of rotatable bonds is 6. The lowest BCUT2D eigenvalue weighted by Crippen LogP contribution is -2.42. The maximum absolute atomic E-state index is 13.0. The SMILES string of the molecule is CC(C)(C)c1ccccc1NC(=O)CN1C(=O)N[C@](C)(c2ccc(OC(F)F)cc2)C1=O. The highest BCUT2D eigenvalue weighted by Gasteiger charge is 2.49. The summed E-state index contributed by atoms with van der Waals surface area (Å²) in [4.78, 5) is 39.0. The van der Waals surface area contributed by atoms with Crippen LogP contribution in [0.25, 0.3) is 0 Å². The third-order valence-electron chi connectivity index (χ3n) is 5.24. The average molecular weight is 445 g/mol. The summed E-state index contributed by atoms with van der Waals surface area (Å²) in [5.74, 6) is -1.21. The zero-order valence-corrected chi connectivity index (χ0v) is 18.2. The maximum Gasteiger partial charge on any atom is 0.387 e. The first kappa shape index (κ1) is 23.2. The van der Waals surface area contributed by atoms with Gasteiger partial charge in [0.25, 0.3) is 5.91 Å². The van der Waals surface area contributed by atoms with Crippen molar-refractivity contribution in [3.63, 3.8) is 0 Å². The molecule has 2 aromatic carbocycles. The van der Waals surface area contributed by atoms with Gasteiger partial charge in [-0.25, -0.2) is 4.79 Å². The molecule has 1 aliphatic rings. The molecule has 0 unspecified atom stereocenters. The first-order chi connectivity index (χ1) is 14.9. The number of alkyl halides is 2. The maximum atomic E-state index is 13.0. The lowest BCUT2D eigenvalue weighted by Gasteiger charge is -2.24. The van der Waals surface area contributed by atoms with E-state index in [0.717, 1.165) is 10.5 Å². The van der Waals surface area contributed by atoms with Crippen LogP contribution in [-0.4, -0.2) is 35.9 Å². The van der Waals surface area contributed by atoms with Gasteiger partial charge in [-0.2, -0.15) is 8.78 Å². The van der Waals surface area contributed by atoms with Crippen LogP contribution in [0.5, 0.6) is 5.75 Å². The zero-order valence-electron chi connectivity index (χ0n) is 18.2. The number of benzene rings is 2. The Morgan fingerprint density at radius 2 is 1.75 bits per heavy atom. The summed E-state index contributed by atoms with van der Waals surface area (Å²) in [6.45, 7) is 4.09. The van der Waals surface area contributed by atoms with Gasteiger partial charge in [0.15, 0.2) is 0 Å². The Kier molecular flexibility index (Phi) is 6.20. The van der Waals surface area contributed by atoms with Gasteiger partial charge < -0.3 is 15.4 Å². The fourth-order valence-electron chi connectivity index (χ4n) is 3.59. The molecule has 32 heavy (non-hydrogen) atoms. The second kappa shape index (κ2) is 8.57. The first-order valence-corrected chi connectivity index (χ1v) is 10.0. The number of amides is 4. The number of nitrogens with zero attached hydrogens (tertiary/aromatic N) is 1. The Morgan fingerprint density at radius 1 is 1.12 bits per heavy atom. The molecule has 3 rings (SSSR count). The zero-order chi connectivity index (χ0) is 23.7. The van der Waals surface area contributed by atoms with E-state index in [2.05, 4.69) is 15.4 Å². The molecule has 4 amide bonds. The predicted octanol–water partition coefficient (Wildman–Crippen LogP) is 3.99. The molecule has 0 aliphatic carbocycles. The van der Waals surface area contributed by atoms with Crippen LogP contribution in [0.4, 0.5) is 19.3 Å². The van der Waals surface area contributed by atoms with Gasteiger partial charge in [-0.15, -0.1) is 0 Å². The van der Waals surface area contributed by atoms with Crippen LogP contribution in [-0.2, 0) is 20.5 Å². The number of para-hydroxylation sites is 1. The highest BCUT2D eigenvalue weighted by atomic mass is 19.3. The molecule has 9 heteroatoms. The average Bonchev–Trinajstić information content (AvgIpc) is 2.91. The van der Waals surface area contributed by atoms with E-state index >= 15 is 0 Å². The predicted molar refractivity (Wildman–Crippen MR) is 114 cm³/mol. The number of anilines is 1. The van der Waals surface area contributed by atoms with Crippen LogP contribution in [0.15, 0.2) is 48.5 Å². The van der Waals surface area contributed by atoms with E-state index in [1.165, 1.54) is 31.2 Å². The molecule has 1 atom stereocenters. The molecule has 1 aliphatic heterocycles. The number of imide groups is 1. The van der Waals surface area contributed by atoms with Crippen molar-refractivity contribution in [2.24, 2.45) is 0 Å². The second-order valence-corrected chi connectivity index (χ2v) is 8.69. The van der Waals surface area contributed by atoms with Crippen LogP contribution in [0.1, 0.15) is 38.8 Å². The molecule has 7 nitrogen and oxygen atoms in total. The molecule has 0 saturated carbocycles. The molecule has 2 N–H and O–H groups in total. The Bertz CT molecular complexity index is 1030. The smallest absolute Gasteiger partial charge is 0.387 e.